The number of hydrogen-bond acceptors (Lipinski definition) is 2. The van der Waals surface area contributed by atoms with Crippen molar-refractivity contribution in [3.8, 4) is 0 Å². The lowest BCUT2D eigenvalue weighted by atomic mass is 10.1. The smallest absolute Gasteiger partial charge is 0.258 e. The monoisotopic (exact) mass is 277 g/mol. The van der Waals surface area contributed by atoms with E-state index in [0.717, 1.165) is 6.07 Å². The maximum Gasteiger partial charge on any atom is 0.277 e. The van der Waals surface area contributed by atoms with Crippen LogP contribution in [-0.4, -0.2) is 4.92 Å². The zero-order chi connectivity index (χ0) is 13.8. The summed E-state index contributed by atoms with van der Waals surface area (Å²) in [4.78, 5) is 10.5. The second kappa shape index (κ2) is 5.63. The number of rotatable bonds is 3. The van der Waals surface area contributed by atoms with Crippen LogP contribution in [0.2, 0.25) is 5.02 Å². The Morgan fingerprint density at radius 3 is 2.47 bits per heavy atom. The van der Waals surface area contributed by atoms with Crippen molar-refractivity contribution in [2.75, 3.05) is 0 Å². The molecule has 0 atom stereocenters. The molecule has 0 spiro atoms. The van der Waals surface area contributed by atoms with Crippen LogP contribution in [0.5, 0.6) is 0 Å². The molecular weight excluding hydrogens is 269 g/mol. The lowest BCUT2D eigenvalue weighted by molar-refractivity contribution is -0.374. The Bertz CT molecular complexity index is 641. The molecule has 96 valence electrons. The molecule has 0 amide bonds. The third-order valence-electron chi connectivity index (χ3n) is 2.52. The summed E-state index contributed by atoms with van der Waals surface area (Å²) in [6.07, 6.45) is 1.20. The third kappa shape index (κ3) is 3.17. The Labute approximate surface area is 114 Å². The molecule has 0 saturated heterocycles. The van der Waals surface area contributed by atoms with Crippen LogP contribution in [0.25, 0.3) is 11.8 Å². The van der Waals surface area contributed by atoms with E-state index in [1.54, 1.807) is 30.3 Å². The molecule has 19 heavy (non-hydrogen) atoms. The largest absolute Gasteiger partial charge is 0.277 e. The number of benzene rings is 2. The molecule has 0 bridgehead atoms. The van der Waals surface area contributed by atoms with Crippen molar-refractivity contribution in [2.24, 2.45) is 0 Å². The molecule has 0 aliphatic heterocycles. The zero-order valence-electron chi connectivity index (χ0n) is 9.72. The van der Waals surface area contributed by atoms with Crippen LogP contribution in [-0.2, 0) is 0 Å². The standard InChI is InChI=1S/C14H9ClFNO2/c15-12-7-6-11(13(16)9-12)8-14(17(18)19)10-4-2-1-3-5-10/h1-9H/b14-8+. The molecule has 2 aromatic rings. The van der Waals surface area contributed by atoms with Crippen molar-refractivity contribution < 1.29 is 9.31 Å². The van der Waals surface area contributed by atoms with Gasteiger partial charge in [0, 0.05) is 16.7 Å². The van der Waals surface area contributed by atoms with Crippen molar-refractivity contribution in [1.29, 1.82) is 0 Å². The summed E-state index contributed by atoms with van der Waals surface area (Å²) in [6.45, 7) is 0. The first-order valence-corrected chi connectivity index (χ1v) is 5.82. The fourth-order valence-electron chi connectivity index (χ4n) is 1.62. The first kappa shape index (κ1) is 13.2. The Kier molecular flexibility index (Phi) is 3.92. The maximum atomic E-state index is 13.6. The number of hydrogen-bond donors (Lipinski definition) is 0. The second-order valence-corrected chi connectivity index (χ2v) is 4.25. The fraction of sp³-hybridized carbons (Fsp3) is 0. The van der Waals surface area contributed by atoms with Crippen LogP contribution in [0.15, 0.2) is 48.5 Å². The average molecular weight is 278 g/mol. The molecule has 0 N–H and O–H groups in total. The predicted octanol–water partition coefficient (Wildman–Crippen LogP) is 4.25. The molecule has 3 nitrogen and oxygen atoms in total. The first-order chi connectivity index (χ1) is 9.08. The quantitative estimate of drug-likeness (QED) is 0.478. The maximum absolute atomic E-state index is 13.6. The van der Waals surface area contributed by atoms with Crippen LogP contribution in [0.4, 0.5) is 4.39 Å². The molecular formula is C14H9ClFNO2. The summed E-state index contributed by atoms with van der Waals surface area (Å²) >= 11 is 5.64. The zero-order valence-corrected chi connectivity index (χ0v) is 10.5. The molecule has 0 heterocycles. The van der Waals surface area contributed by atoms with Gasteiger partial charge in [-0.25, -0.2) is 4.39 Å². The Hall–Kier alpha value is -2.20. The van der Waals surface area contributed by atoms with Crippen molar-refractivity contribution in [2.45, 2.75) is 0 Å². The SMILES string of the molecule is O=[N+]([O-])/C(=C/c1ccc(Cl)cc1F)c1ccccc1. The van der Waals surface area contributed by atoms with Gasteiger partial charge in [0.25, 0.3) is 5.70 Å². The van der Waals surface area contributed by atoms with Crippen LogP contribution in [0, 0.1) is 15.9 Å². The Morgan fingerprint density at radius 2 is 1.89 bits per heavy atom. The van der Waals surface area contributed by atoms with E-state index in [2.05, 4.69) is 0 Å². The predicted molar refractivity (Wildman–Crippen MR) is 72.7 cm³/mol. The van der Waals surface area contributed by atoms with Gasteiger partial charge in [-0.2, -0.15) is 0 Å². The first-order valence-electron chi connectivity index (χ1n) is 5.44. The van der Waals surface area contributed by atoms with Gasteiger partial charge in [-0.05, 0) is 24.3 Å². The fourth-order valence-corrected chi connectivity index (χ4v) is 1.78. The highest BCUT2D eigenvalue weighted by atomic mass is 35.5. The van der Waals surface area contributed by atoms with Gasteiger partial charge in [0.05, 0.1) is 10.5 Å². The van der Waals surface area contributed by atoms with E-state index in [1.807, 2.05) is 0 Å². The lowest BCUT2D eigenvalue weighted by Crippen LogP contribution is -1.98. The van der Waals surface area contributed by atoms with E-state index in [9.17, 15) is 14.5 Å². The highest BCUT2D eigenvalue weighted by Gasteiger charge is 2.15. The van der Waals surface area contributed by atoms with Gasteiger partial charge in [-0.3, -0.25) is 10.1 Å². The molecule has 0 aliphatic carbocycles. The van der Waals surface area contributed by atoms with Gasteiger partial charge < -0.3 is 0 Å². The summed E-state index contributed by atoms with van der Waals surface area (Å²) in [7, 11) is 0. The molecule has 2 aromatic carbocycles. The molecule has 0 fully saturated rings. The van der Waals surface area contributed by atoms with Crippen molar-refractivity contribution >= 4 is 23.4 Å². The lowest BCUT2D eigenvalue weighted by Gasteiger charge is -2.01. The van der Waals surface area contributed by atoms with E-state index in [4.69, 9.17) is 11.6 Å². The molecule has 0 radical (unpaired) electrons. The Morgan fingerprint density at radius 1 is 1.21 bits per heavy atom. The third-order valence-corrected chi connectivity index (χ3v) is 2.76. The van der Waals surface area contributed by atoms with E-state index < -0.39 is 10.7 Å². The molecule has 0 saturated carbocycles. The molecule has 0 unspecified atom stereocenters. The summed E-state index contributed by atoms with van der Waals surface area (Å²) in [5, 5.41) is 11.3. The average Bonchev–Trinajstić information content (AvgIpc) is 2.38. The second-order valence-electron chi connectivity index (χ2n) is 3.82. The van der Waals surface area contributed by atoms with Gasteiger partial charge >= 0.3 is 0 Å². The van der Waals surface area contributed by atoms with Gasteiger partial charge in [-0.15, -0.1) is 0 Å². The summed E-state index contributed by atoms with van der Waals surface area (Å²) in [5.41, 5.74) is 0.378. The number of nitrogens with zero attached hydrogens (tertiary/aromatic N) is 1. The van der Waals surface area contributed by atoms with Crippen molar-refractivity contribution in [3.05, 3.63) is 80.6 Å². The van der Waals surface area contributed by atoms with Gasteiger partial charge in [0.2, 0.25) is 0 Å². The van der Waals surface area contributed by atoms with Crippen molar-refractivity contribution in [1.82, 2.24) is 0 Å². The van der Waals surface area contributed by atoms with E-state index in [1.165, 1.54) is 18.2 Å². The molecule has 0 aromatic heterocycles. The molecule has 0 aliphatic rings. The van der Waals surface area contributed by atoms with E-state index in [-0.39, 0.29) is 16.3 Å². The Balaban J connectivity index is 2.51. The topological polar surface area (TPSA) is 43.1 Å². The summed E-state index contributed by atoms with van der Waals surface area (Å²) in [6, 6.07) is 12.3. The summed E-state index contributed by atoms with van der Waals surface area (Å²) in [5.74, 6) is -0.595. The minimum absolute atomic E-state index is 0.125. The molecule has 2 rings (SSSR count). The minimum Gasteiger partial charge on any atom is -0.258 e. The molecule has 5 heteroatoms. The normalized spacial score (nSPS) is 11.4. The van der Waals surface area contributed by atoms with Gasteiger partial charge in [0.1, 0.15) is 5.82 Å². The van der Waals surface area contributed by atoms with Crippen LogP contribution in [0.1, 0.15) is 11.1 Å². The van der Waals surface area contributed by atoms with Crippen LogP contribution in [0.3, 0.4) is 0 Å². The van der Waals surface area contributed by atoms with E-state index >= 15 is 0 Å². The van der Waals surface area contributed by atoms with Crippen molar-refractivity contribution in [3.63, 3.8) is 0 Å². The van der Waals surface area contributed by atoms with E-state index in [0.29, 0.717) is 5.56 Å². The van der Waals surface area contributed by atoms with Gasteiger partial charge in [-0.1, -0.05) is 35.9 Å². The van der Waals surface area contributed by atoms with Gasteiger partial charge in [0.15, 0.2) is 0 Å². The highest BCUT2D eigenvalue weighted by molar-refractivity contribution is 6.30. The van der Waals surface area contributed by atoms with Crippen LogP contribution < -0.4 is 0 Å². The highest BCUT2D eigenvalue weighted by Crippen LogP contribution is 2.22. The number of nitro groups is 1. The summed E-state index contributed by atoms with van der Waals surface area (Å²) < 4.78 is 13.6. The minimum atomic E-state index is -0.595. The van der Waals surface area contributed by atoms with Crippen LogP contribution >= 0.6 is 11.6 Å². The number of halogens is 2.